The van der Waals surface area contributed by atoms with Crippen molar-refractivity contribution >= 4 is 11.9 Å². The molecule has 0 unspecified atom stereocenters. The first-order valence-corrected chi connectivity index (χ1v) is 4.75. The van der Waals surface area contributed by atoms with Crippen LogP contribution < -0.4 is 0 Å². The Bertz CT molecular complexity index is 179. The summed E-state index contributed by atoms with van der Waals surface area (Å²) in [4.78, 5) is 18.5. The third-order valence-corrected chi connectivity index (χ3v) is 1.60. The average Bonchev–Trinajstić information content (AvgIpc) is 2.76. The van der Waals surface area contributed by atoms with Gasteiger partial charge in [-0.2, -0.15) is 0 Å². The second-order valence-electron chi connectivity index (χ2n) is 2.85. The molecule has 15 heavy (non-hydrogen) atoms. The van der Waals surface area contributed by atoms with Gasteiger partial charge < -0.3 is 10.2 Å². The molecule has 0 aromatic carbocycles. The van der Waals surface area contributed by atoms with Crippen molar-refractivity contribution in [1.29, 1.82) is 0 Å². The Hall–Kier alpha value is -1.58. The fourth-order valence-corrected chi connectivity index (χ4v) is 0.884. The summed E-state index contributed by atoms with van der Waals surface area (Å²) in [7, 11) is 0. The molecule has 1 saturated carbocycles. The van der Waals surface area contributed by atoms with Crippen molar-refractivity contribution in [3.8, 4) is 0 Å². The van der Waals surface area contributed by atoms with E-state index >= 15 is 0 Å². The van der Waals surface area contributed by atoms with Crippen LogP contribution in [0.1, 0.15) is 32.1 Å². The number of hydrogen-bond acceptors (Lipinski definition) is 2. The highest BCUT2D eigenvalue weighted by Gasteiger charge is 1.95. The second kappa shape index (κ2) is 12.4. The molecule has 86 valence electrons. The van der Waals surface area contributed by atoms with Gasteiger partial charge in [0.15, 0.2) is 0 Å². The van der Waals surface area contributed by atoms with Crippen LogP contribution in [0.5, 0.6) is 0 Å². The lowest BCUT2D eigenvalue weighted by Gasteiger charge is -1.67. The first-order chi connectivity index (χ1) is 7.04. The first kappa shape index (κ1) is 15.9. The van der Waals surface area contributed by atoms with Gasteiger partial charge in [0.2, 0.25) is 0 Å². The van der Waals surface area contributed by atoms with E-state index < -0.39 is 11.9 Å². The number of rotatable bonds is 2. The van der Waals surface area contributed by atoms with Crippen LogP contribution >= 0.6 is 0 Å². The van der Waals surface area contributed by atoms with Crippen LogP contribution in [-0.4, -0.2) is 22.2 Å². The zero-order valence-corrected chi connectivity index (χ0v) is 8.82. The van der Waals surface area contributed by atoms with Crippen LogP contribution in [0, 0.1) is 0 Å². The topological polar surface area (TPSA) is 74.6 Å². The van der Waals surface area contributed by atoms with Crippen molar-refractivity contribution in [2.45, 2.75) is 32.1 Å². The van der Waals surface area contributed by atoms with Crippen LogP contribution in [0.2, 0.25) is 0 Å². The molecule has 4 heteroatoms. The molecule has 2 N–H and O–H groups in total. The molecule has 0 bridgehead atoms. The molecule has 1 rings (SSSR count). The van der Waals surface area contributed by atoms with Crippen molar-refractivity contribution in [1.82, 2.24) is 0 Å². The van der Waals surface area contributed by atoms with Crippen molar-refractivity contribution in [3.63, 3.8) is 0 Å². The Morgan fingerprint density at radius 1 is 0.800 bits per heavy atom. The van der Waals surface area contributed by atoms with E-state index in [0.29, 0.717) is 0 Å². The number of carboxylic acids is 2. The molecule has 4 nitrogen and oxygen atoms in total. The summed E-state index contributed by atoms with van der Waals surface area (Å²) in [5.41, 5.74) is 0. The third-order valence-electron chi connectivity index (χ3n) is 1.60. The van der Waals surface area contributed by atoms with Crippen molar-refractivity contribution in [3.05, 3.63) is 25.3 Å². The Balaban J connectivity index is 0. The van der Waals surface area contributed by atoms with E-state index in [1.54, 1.807) is 0 Å². The third kappa shape index (κ3) is 24.5. The van der Waals surface area contributed by atoms with Gasteiger partial charge in [-0.15, -0.1) is 0 Å². The van der Waals surface area contributed by atoms with E-state index in [-0.39, 0.29) is 0 Å². The van der Waals surface area contributed by atoms with Crippen LogP contribution in [0.4, 0.5) is 0 Å². The van der Waals surface area contributed by atoms with E-state index in [1.807, 2.05) is 0 Å². The second-order valence-corrected chi connectivity index (χ2v) is 2.85. The molecule has 0 saturated heterocycles. The molecule has 0 atom stereocenters. The fraction of sp³-hybridized carbons (Fsp3) is 0.455. The van der Waals surface area contributed by atoms with E-state index in [1.165, 1.54) is 32.1 Å². The fourth-order valence-electron chi connectivity index (χ4n) is 0.884. The predicted octanol–water partition coefficient (Wildman–Crippen LogP) is 2.46. The first-order valence-electron chi connectivity index (χ1n) is 4.75. The van der Waals surface area contributed by atoms with Crippen molar-refractivity contribution in [2.75, 3.05) is 0 Å². The van der Waals surface area contributed by atoms with Gasteiger partial charge in [0.05, 0.1) is 0 Å². The Morgan fingerprint density at radius 3 is 1.00 bits per heavy atom. The lowest BCUT2D eigenvalue weighted by atomic mass is 10.4. The molecule has 1 aliphatic rings. The Morgan fingerprint density at radius 2 is 0.933 bits per heavy atom. The summed E-state index contributed by atoms with van der Waals surface area (Å²) in [6.07, 6.45) is 9.17. The summed E-state index contributed by atoms with van der Waals surface area (Å²) in [5, 5.41) is 15.2. The number of carboxylic acid groups (broad SMARTS) is 2. The highest BCUT2D eigenvalue weighted by Crippen LogP contribution is 2.15. The maximum Gasteiger partial charge on any atom is 0.327 e. The monoisotopic (exact) mass is 214 g/mol. The van der Waals surface area contributed by atoms with E-state index in [2.05, 4.69) is 13.2 Å². The molecular weight excluding hydrogens is 196 g/mol. The van der Waals surface area contributed by atoms with Gasteiger partial charge in [-0.3, -0.25) is 0 Å². The summed E-state index contributed by atoms with van der Waals surface area (Å²) >= 11 is 0. The molecule has 0 amide bonds. The van der Waals surface area contributed by atoms with Gasteiger partial charge in [-0.1, -0.05) is 45.3 Å². The molecular formula is C11H18O4. The molecule has 1 fully saturated rings. The number of aliphatic carboxylic acids is 2. The summed E-state index contributed by atoms with van der Waals surface area (Å²) in [6.45, 7) is 5.92. The van der Waals surface area contributed by atoms with Crippen LogP contribution in [0.25, 0.3) is 0 Å². The van der Waals surface area contributed by atoms with Gasteiger partial charge in [0.25, 0.3) is 0 Å². The van der Waals surface area contributed by atoms with Gasteiger partial charge in [-0.05, 0) is 0 Å². The highest BCUT2D eigenvalue weighted by molar-refractivity contribution is 5.79. The van der Waals surface area contributed by atoms with Crippen LogP contribution in [-0.2, 0) is 9.59 Å². The molecule has 0 aliphatic heterocycles. The average molecular weight is 214 g/mol. The van der Waals surface area contributed by atoms with E-state index in [0.717, 1.165) is 12.2 Å². The lowest BCUT2D eigenvalue weighted by Crippen LogP contribution is -1.82. The minimum absolute atomic E-state index is 0.833. The van der Waals surface area contributed by atoms with Gasteiger partial charge >= 0.3 is 11.9 Å². The van der Waals surface area contributed by atoms with E-state index in [9.17, 15) is 9.59 Å². The van der Waals surface area contributed by atoms with Gasteiger partial charge in [-0.25, -0.2) is 9.59 Å². The molecule has 0 spiro atoms. The molecule has 0 aromatic heterocycles. The Labute approximate surface area is 89.9 Å². The van der Waals surface area contributed by atoms with Gasteiger partial charge in [0.1, 0.15) is 0 Å². The normalized spacial score (nSPS) is 12.3. The summed E-state index contributed by atoms with van der Waals surface area (Å²) in [6, 6.07) is 0. The predicted molar refractivity (Wildman–Crippen MR) is 58.8 cm³/mol. The number of hydrogen-bond donors (Lipinski definition) is 2. The summed E-state index contributed by atoms with van der Waals surface area (Å²) in [5.74, 6) is -1.96. The van der Waals surface area contributed by atoms with Crippen molar-refractivity contribution < 1.29 is 19.8 Å². The molecule has 1 aliphatic carbocycles. The minimum atomic E-state index is -0.981. The molecule has 0 radical (unpaired) electrons. The standard InChI is InChI=1S/C5H10.2C3H4O2/c1-2-4-5-3-1;2*1-2-3(4)5/h1-5H2;2*2H,1H2,(H,4,5). The number of carbonyl (C=O) groups is 2. The Kier molecular flexibility index (Phi) is 13.1. The molecule has 0 aromatic rings. The minimum Gasteiger partial charge on any atom is -0.478 e. The zero-order valence-electron chi connectivity index (χ0n) is 8.82. The maximum atomic E-state index is 9.25. The van der Waals surface area contributed by atoms with E-state index in [4.69, 9.17) is 10.2 Å². The quantitative estimate of drug-likeness (QED) is 0.692. The van der Waals surface area contributed by atoms with Crippen LogP contribution in [0.3, 0.4) is 0 Å². The highest BCUT2D eigenvalue weighted by atomic mass is 16.4. The van der Waals surface area contributed by atoms with Crippen molar-refractivity contribution in [2.24, 2.45) is 0 Å². The van der Waals surface area contributed by atoms with Crippen LogP contribution in [0.15, 0.2) is 25.3 Å². The maximum absolute atomic E-state index is 9.25. The van der Waals surface area contributed by atoms with Gasteiger partial charge in [0, 0.05) is 12.2 Å². The zero-order chi connectivity index (χ0) is 12.1. The lowest BCUT2D eigenvalue weighted by molar-refractivity contribution is -0.132. The SMILES string of the molecule is C1CCCC1.C=CC(=O)O.C=CC(=O)O. The summed E-state index contributed by atoms with van der Waals surface area (Å²) < 4.78 is 0. The largest absolute Gasteiger partial charge is 0.478 e. The molecule has 0 heterocycles. The smallest absolute Gasteiger partial charge is 0.327 e.